The van der Waals surface area contributed by atoms with Crippen LogP contribution in [0, 0.1) is 0 Å². The van der Waals surface area contributed by atoms with Crippen LogP contribution in [0.25, 0.3) is 23.3 Å². The quantitative estimate of drug-likeness (QED) is 0.554. The first-order valence-corrected chi connectivity index (χ1v) is 9.47. The molecule has 2 nitrogen and oxygen atoms in total. The molecule has 3 aromatic carbocycles. The maximum atomic E-state index is 12.5. The Morgan fingerprint density at radius 2 is 1.12 bits per heavy atom. The highest BCUT2D eigenvalue weighted by Gasteiger charge is 2.25. The van der Waals surface area contributed by atoms with Crippen LogP contribution >= 0.6 is 0 Å². The molecular weight excluding hydrogens is 354 g/mol. The predicted molar refractivity (Wildman–Crippen MR) is 100 cm³/mol. The second kappa shape index (κ2) is 7.62. The molecule has 0 heterocycles. The number of hydrogen-bond donors (Lipinski definition) is 0. The van der Waals surface area contributed by atoms with Gasteiger partial charge in [-0.05, 0) is 34.4 Å². The first kappa shape index (κ1) is 18.0. The van der Waals surface area contributed by atoms with E-state index in [1.165, 1.54) is 24.3 Å². The van der Waals surface area contributed by atoms with Crippen molar-refractivity contribution >= 4 is 22.0 Å². The van der Waals surface area contributed by atoms with Gasteiger partial charge in [0.1, 0.15) is 0 Å². The average molecular weight is 370 g/mol. The Labute approximate surface area is 151 Å². The molecule has 0 bridgehead atoms. The summed E-state index contributed by atoms with van der Waals surface area (Å²) in [6, 6.07) is 23.4. The molecule has 3 rings (SSSR count). The highest BCUT2D eigenvalue weighted by atomic mass is 32.2. The smallest absolute Gasteiger partial charge is 0.218 e. The lowest BCUT2D eigenvalue weighted by molar-refractivity contribution is 0.234. The Morgan fingerprint density at radius 3 is 1.62 bits per heavy atom. The van der Waals surface area contributed by atoms with E-state index in [-0.39, 0.29) is 4.90 Å². The molecule has 3 aromatic rings. The van der Waals surface area contributed by atoms with E-state index in [0.29, 0.717) is 0 Å². The molecule has 0 N–H and O–H groups in total. The largest absolute Gasteiger partial charge is 0.341 e. The normalized spacial score (nSPS) is 12.0. The minimum absolute atomic E-state index is 0.378. The summed E-state index contributed by atoms with van der Waals surface area (Å²) in [4.78, 5) is -0.378. The van der Waals surface area contributed by atoms with Crippen molar-refractivity contribution in [2.45, 2.75) is 10.7 Å². The van der Waals surface area contributed by atoms with Gasteiger partial charge in [0, 0.05) is 0 Å². The molecule has 0 amide bonds. The van der Waals surface area contributed by atoms with Gasteiger partial charge in [-0.2, -0.15) is 8.78 Å². The first-order chi connectivity index (χ1) is 12.5. The van der Waals surface area contributed by atoms with E-state index in [2.05, 4.69) is 0 Å². The van der Waals surface area contributed by atoms with Crippen LogP contribution in [0.4, 0.5) is 8.78 Å². The Balaban J connectivity index is 1.74. The van der Waals surface area contributed by atoms with E-state index in [1.54, 1.807) is 6.08 Å². The van der Waals surface area contributed by atoms with E-state index >= 15 is 0 Å². The standard InChI is InChI=1S/C21H16F2O2S/c22-21(23)26(24,25)20-14-10-17(11-15-20)7-6-16-8-12-19(13-9-16)18-4-2-1-3-5-18/h1-15,21H/b7-6+. The van der Waals surface area contributed by atoms with Crippen molar-refractivity contribution in [2.24, 2.45) is 0 Å². The van der Waals surface area contributed by atoms with Crippen LogP contribution in [-0.4, -0.2) is 14.2 Å². The summed E-state index contributed by atoms with van der Waals surface area (Å²) in [7, 11) is -4.55. The van der Waals surface area contributed by atoms with Crippen molar-refractivity contribution in [3.8, 4) is 11.1 Å². The molecular formula is C21H16F2O2S. The van der Waals surface area contributed by atoms with Crippen LogP contribution in [0.2, 0.25) is 0 Å². The minimum atomic E-state index is -4.55. The number of rotatable bonds is 5. The van der Waals surface area contributed by atoms with Gasteiger partial charge in [0.05, 0.1) is 4.90 Å². The van der Waals surface area contributed by atoms with Gasteiger partial charge in [-0.3, -0.25) is 0 Å². The number of hydrogen-bond acceptors (Lipinski definition) is 2. The van der Waals surface area contributed by atoms with Crippen LogP contribution in [0.15, 0.2) is 83.8 Å². The molecule has 0 fully saturated rings. The van der Waals surface area contributed by atoms with Gasteiger partial charge in [-0.15, -0.1) is 0 Å². The highest BCUT2D eigenvalue weighted by molar-refractivity contribution is 7.91. The molecule has 0 atom stereocenters. The zero-order valence-electron chi connectivity index (χ0n) is 13.7. The maximum absolute atomic E-state index is 12.5. The van der Waals surface area contributed by atoms with Crippen LogP contribution < -0.4 is 0 Å². The van der Waals surface area contributed by atoms with Crippen molar-refractivity contribution in [3.05, 3.63) is 90.0 Å². The van der Waals surface area contributed by atoms with Crippen molar-refractivity contribution in [1.29, 1.82) is 0 Å². The molecule has 0 aliphatic heterocycles. The van der Waals surface area contributed by atoms with E-state index in [9.17, 15) is 17.2 Å². The summed E-state index contributed by atoms with van der Waals surface area (Å²) in [6.07, 6.45) is 3.68. The van der Waals surface area contributed by atoms with E-state index in [0.717, 1.165) is 22.3 Å². The predicted octanol–water partition coefficient (Wildman–Crippen LogP) is 5.52. The molecule has 26 heavy (non-hydrogen) atoms. The SMILES string of the molecule is O=S(=O)(c1ccc(/C=C/c2ccc(-c3ccccc3)cc2)cc1)C(F)F. The molecule has 0 aliphatic rings. The number of benzene rings is 3. The van der Waals surface area contributed by atoms with Gasteiger partial charge in [0.2, 0.25) is 9.84 Å². The molecule has 0 spiro atoms. The fraction of sp³-hybridized carbons (Fsp3) is 0.0476. The molecule has 0 unspecified atom stereocenters. The Hall–Kier alpha value is -2.79. The average Bonchev–Trinajstić information content (AvgIpc) is 2.67. The second-order valence-electron chi connectivity index (χ2n) is 5.70. The fourth-order valence-electron chi connectivity index (χ4n) is 2.48. The van der Waals surface area contributed by atoms with Crippen molar-refractivity contribution < 1.29 is 17.2 Å². The monoisotopic (exact) mass is 370 g/mol. The zero-order valence-corrected chi connectivity index (χ0v) is 14.5. The number of alkyl halides is 2. The Morgan fingerprint density at radius 1 is 0.654 bits per heavy atom. The van der Waals surface area contributed by atoms with Crippen LogP contribution in [0.1, 0.15) is 11.1 Å². The van der Waals surface area contributed by atoms with Crippen LogP contribution in [-0.2, 0) is 9.84 Å². The Bertz CT molecular complexity index is 992. The molecule has 0 aliphatic carbocycles. The minimum Gasteiger partial charge on any atom is -0.218 e. The Kier molecular flexibility index (Phi) is 5.28. The molecule has 5 heteroatoms. The summed E-state index contributed by atoms with van der Waals surface area (Å²) < 4.78 is 47.8. The summed E-state index contributed by atoms with van der Waals surface area (Å²) in [6.45, 7) is 0. The lowest BCUT2D eigenvalue weighted by Gasteiger charge is -2.03. The molecule has 132 valence electrons. The third-order valence-electron chi connectivity index (χ3n) is 3.93. The van der Waals surface area contributed by atoms with Gasteiger partial charge in [-0.25, -0.2) is 8.42 Å². The summed E-state index contributed by atoms with van der Waals surface area (Å²) >= 11 is 0. The molecule has 0 aromatic heterocycles. The lowest BCUT2D eigenvalue weighted by Crippen LogP contribution is -2.11. The topological polar surface area (TPSA) is 34.1 Å². The van der Waals surface area contributed by atoms with Gasteiger partial charge in [0.15, 0.2) is 0 Å². The van der Waals surface area contributed by atoms with Crippen molar-refractivity contribution in [3.63, 3.8) is 0 Å². The van der Waals surface area contributed by atoms with Gasteiger partial charge >= 0.3 is 5.76 Å². The second-order valence-corrected chi connectivity index (χ2v) is 7.61. The first-order valence-electron chi connectivity index (χ1n) is 7.92. The molecule has 0 saturated heterocycles. The number of sulfone groups is 1. The third-order valence-corrected chi connectivity index (χ3v) is 5.33. The summed E-state index contributed by atoms with van der Waals surface area (Å²) in [5.41, 5.74) is 3.96. The van der Waals surface area contributed by atoms with Gasteiger partial charge in [-0.1, -0.05) is 78.9 Å². The van der Waals surface area contributed by atoms with Crippen LogP contribution in [0.3, 0.4) is 0 Å². The van der Waals surface area contributed by atoms with E-state index in [1.807, 2.05) is 60.7 Å². The lowest BCUT2D eigenvalue weighted by atomic mass is 10.0. The molecule has 0 radical (unpaired) electrons. The van der Waals surface area contributed by atoms with Crippen molar-refractivity contribution in [1.82, 2.24) is 0 Å². The van der Waals surface area contributed by atoms with E-state index < -0.39 is 15.6 Å². The van der Waals surface area contributed by atoms with E-state index in [4.69, 9.17) is 0 Å². The third kappa shape index (κ3) is 4.06. The van der Waals surface area contributed by atoms with Crippen LogP contribution in [0.5, 0.6) is 0 Å². The van der Waals surface area contributed by atoms with Crippen molar-refractivity contribution in [2.75, 3.05) is 0 Å². The van der Waals surface area contributed by atoms with Gasteiger partial charge < -0.3 is 0 Å². The van der Waals surface area contributed by atoms with Gasteiger partial charge in [0.25, 0.3) is 0 Å². The highest BCUT2D eigenvalue weighted by Crippen LogP contribution is 2.21. The molecule has 0 saturated carbocycles. The fourth-order valence-corrected chi connectivity index (χ4v) is 3.20. The zero-order chi connectivity index (χ0) is 18.6. The summed E-state index contributed by atoms with van der Waals surface area (Å²) in [5.74, 6) is -3.41. The maximum Gasteiger partial charge on any atom is 0.341 e. The summed E-state index contributed by atoms with van der Waals surface area (Å²) in [5, 5.41) is 0. The number of halogens is 2.